The van der Waals surface area contributed by atoms with E-state index in [0.29, 0.717) is 0 Å². The first-order valence-electron chi connectivity index (χ1n) is 5.70. The molecule has 0 aromatic heterocycles. The molecule has 6 heteroatoms. The fraction of sp³-hybridized carbons (Fsp3) is 1.00. The van der Waals surface area contributed by atoms with Crippen LogP contribution in [0.15, 0.2) is 0 Å². The van der Waals surface area contributed by atoms with E-state index in [1.54, 1.807) is 14.0 Å². The largest absolute Gasteiger partial charge is 0.390 e. The van der Waals surface area contributed by atoms with Crippen LogP contribution >= 0.6 is 0 Å². The summed E-state index contributed by atoms with van der Waals surface area (Å²) in [6.45, 7) is 4.56. The van der Waals surface area contributed by atoms with Gasteiger partial charge in [0, 0.05) is 26.7 Å². The number of aliphatic hydroxyl groups is 3. The maximum absolute atomic E-state index is 9.35. The molecule has 0 radical (unpaired) electrons. The highest BCUT2D eigenvalue weighted by atomic mass is 16.7. The van der Waals surface area contributed by atoms with Crippen LogP contribution in [-0.2, 0) is 14.2 Å². The Labute approximate surface area is 109 Å². The molecule has 1 rings (SSSR count). The summed E-state index contributed by atoms with van der Waals surface area (Å²) in [5.41, 5.74) is 0. The van der Waals surface area contributed by atoms with Crippen LogP contribution in [0.1, 0.15) is 27.7 Å². The summed E-state index contributed by atoms with van der Waals surface area (Å²) >= 11 is 0. The maximum Gasteiger partial charge on any atom is 0.188 e. The molecule has 18 heavy (non-hydrogen) atoms. The Hall–Kier alpha value is -0.240. The second kappa shape index (κ2) is 10.7. The Morgan fingerprint density at radius 3 is 2.00 bits per heavy atom. The van der Waals surface area contributed by atoms with Crippen LogP contribution in [0.2, 0.25) is 0 Å². The van der Waals surface area contributed by atoms with Crippen LogP contribution in [0, 0.1) is 5.92 Å². The van der Waals surface area contributed by atoms with Crippen molar-refractivity contribution in [2.24, 2.45) is 5.92 Å². The molecule has 5 unspecified atom stereocenters. The van der Waals surface area contributed by atoms with Crippen molar-refractivity contribution in [3.63, 3.8) is 0 Å². The van der Waals surface area contributed by atoms with Crippen LogP contribution in [0.5, 0.6) is 0 Å². The second-order valence-corrected chi connectivity index (χ2v) is 3.96. The van der Waals surface area contributed by atoms with Crippen molar-refractivity contribution in [2.45, 2.75) is 52.5 Å². The van der Waals surface area contributed by atoms with Crippen LogP contribution in [0.3, 0.4) is 0 Å². The number of rotatable bonds is 3. The van der Waals surface area contributed by atoms with Gasteiger partial charge in [-0.1, -0.05) is 21.3 Å². The van der Waals surface area contributed by atoms with Gasteiger partial charge in [-0.05, 0) is 6.42 Å². The average Bonchev–Trinajstić information content (AvgIpc) is 2.33. The van der Waals surface area contributed by atoms with E-state index in [1.165, 1.54) is 7.11 Å². The molecule has 0 bridgehead atoms. The van der Waals surface area contributed by atoms with Gasteiger partial charge in [0.15, 0.2) is 12.6 Å². The quantitative estimate of drug-likeness (QED) is 0.684. The van der Waals surface area contributed by atoms with Gasteiger partial charge < -0.3 is 29.5 Å². The zero-order chi connectivity index (χ0) is 13.4. The fourth-order valence-electron chi connectivity index (χ4n) is 1.38. The molecule has 1 aliphatic heterocycles. The molecule has 1 aliphatic rings. The van der Waals surface area contributed by atoms with E-state index >= 15 is 0 Å². The number of ether oxygens (including phenoxy) is 3. The van der Waals surface area contributed by atoms with Crippen molar-refractivity contribution in [2.75, 3.05) is 20.8 Å². The SMILES string of the molecule is C.CCCOC.COC1OC(O)C(C)C(O)C1O. The first-order valence-corrected chi connectivity index (χ1v) is 5.70. The number of aliphatic hydroxyl groups excluding tert-OH is 3. The Kier molecular flexibility index (Phi) is 11.9. The van der Waals surface area contributed by atoms with E-state index in [4.69, 9.17) is 14.2 Å². The van der Waals surface area contributed by atoms with Crippen molar-refractivity contribution in [1.82, 2.24) is 0 Å². The van der Waals surface area contributed by atoms with E-state index in [2.05, 4.69) is 6.92 Å². The molecule has 0 aliphatic carbocycles. The van der Waals surface area contributed by atoms with Crippen LogP contribution < -0.4 is 0 Å². The second-order valence-electron chi connectivity index (χ2n) is 3.96. The van der Waals surface area contributed by atoms with Gasteiger partial charge in [0.25, 0.3) is 0 Å². The molecule has 0 spiro atoms. The summed E-state index contributed by atoms with van der Waals surface area (Å²) in [5, 5.41) is 27.9. The Balaban J connectivity index is 0. The van der Waals surface area contributed by atoms with Gasteiger partial charge in [0.2, 0.25) is 0 Å². The van der Waals surface area contributed by atoms with Crippen molar-refractivity contribution >= 4 is 0 Å². The highest BCUT2D eigenvalue weighted by molar-refractivity contribution is 4.82. The highest BCUT2D eigenvalue weighted by Crippen LogP contribution is 2.24. The predicted octanol–water partition coefficient (Wildman–Crippen LogP) is 0.344. The minimum atomic E-state index is -1.10. The molecule has 1 saturated heterocycles. The first kappa shape index (κ1) is 20.1. The topological polar surface area (TPSA) is 88.4 Å². The molecule has 1 heterocycles. The third kappa shape index (κ3) is 6.08. The lowest BCUT2D eigenvalue weighted by molar-refractivity contribution is -0.321. The zero-order valence-electron chi connectivity index (χ0n) is 10.9. The number of methoxy groups -OCH3 is 2. The van der Waals surface area contributed by atoms with Gasteiger partial charge in [-0.2, -0.15) is 0 Å². The molecule has 5 atom stereocenters. The Bertz CT molecular complexity index is 183. The van der Waals surface area contributed by atoms with Gasteiger partial charge in [0.05, 0.1) is 6.10 Å². The van der Waals surface area contributed by atoms with E-state index < -0.39 is 30.7 Å². The van der Waals surface area contributed by atoms with Crippen molar-refractivity contribution in [3.8, 4) is 0 Å². The van der Waals surface area contributed by atoms with Crippen LogP contribution in [0.4, 0.5) is 0 Å². The monoisotopic (exact) mass is 268 g/mol. The van der Waals surface area contributed by atoms with Gasteiger partial charge in [-0.3, -0.25) is 0 Å². The lowest BCUT2D eigenvalue weighted by Gasteiger charge is -2.38. The zero-order valence-corrected chi connectivity index (χ0v) is 10.9. The predicted molar refractivity (Wildman–Crippen MR) is 68.0 cm³/mol. The van der Waals surface area contributed by atoms with E-state index in [0.717, 1.165) is 13.0 Å². The minimum absolute atomic E-state index is 0. The molecule has 0 aromatic rings. The lowest BCUT2D eigenvalue weighted by atomic mass is 9.96. The normalized spacial score (nSPS) is 35.2. The first-order chi connectivity index (χ1) is 7.99. The van der Waals surface area contributed by atoms with Crippen LogP contribution in [-0.4, -0.2) is 60.9 Å². The van der Waals surface area contributed by atoms with Gasteiger partial charge in [-0.15, -0.1) is 0 Å². The molecular weight excluding hydrogens is 240 g/mol. The molecule has 112 valence electrons. The van der Waals surface area contributed by atoms with E-state index in [9.17, 15) is 15.3 Å². The third-order valence-electron chi connectivity index (χ3n) is 2.53. The minimum Gasteiger partial charge on any atom is -0.390 e. The molecule has 0 aromatic carbocycles. The van der Waals surface area contributed by atoms with Gasteiger partial charge in [0.1, 0.15) is 6.10 Å². The molecule has 0 saturated carbocycles. The Morgan fingerprint density at radius 1 is 1.11 bits per heavy atom. The summed E-state index contributed by atoms with van der Waals surface area (Å²) in [5.74, 6) is -0.508. The van der Waals surface area contributed by atoms with Crippen molar-refractivity contribution in [1.29, 1.82) is 0 Å². The molecule has 1 fully saturated rings. The number of hydrogen-bond acceptors (Lipinski definition) is 6. The molecular formula is C12H28O6. The average molecular weight is 268 g/mol. The van der Waals surface area contributed by atoms with Crippen molar-refractivity contribution in [3.05, 3.63) is 0 Å². The van der Waals surface area contributed by atoms with E-state index in [-0.39, 0.29) is 7.43 Å². The number of hydrogen-bond donors (Lipinski definition) is 3. The highest BCUT2D eigenvalue weighted by Gasteiger charge is 2.41. The smallest absolute Gasteiger partial charge is 0.188 e. The van der Waals surface area contributed by atoms with Crippen LogP contribution in [0.25, 0.3) is 0 Å². The van der Waals surface area contributed by atoms with Gasteiger partial charge >= 0.3 is 0 Å². The maximum atomic E-state index is 9.35. The molecule has 0 amide bonds. The van der Waals surface area contributed by atoms with Gasteiger partial charge in [-0.25, -0.2) is 0 Å². The summed E-state index contributed by atoms with van der Waals surface area (Å²) in [6, 6.07) is 0. The molecule has 6 nitrogen and oxygen atoms in total. The molecule has 3 N–H and O–H groups in total. The summed E-state index contributed by atoms with van der Waals surface area (Å²) in [6.07, 6.45) is -3.04. The lowest BCUT2D eigenvalue weighted by Crippen LogP contribution is -2.54. The summed E-state index contributed by atoms with van der Waals surface area (Å²) in [7, 11) is 3.05. The third-order valence-corrected chi connectivity index (χ3v) is 2.53. The fourth-order valence-corrected chi connectivity index (χ4v) is 1.38. The Morgan fingerprint density at radius 2 is 1.67 bits per heavy atom. The van der Waals surface area contributed by atoms with E-state index in [1.807, 2.05) is 0 Å². The van der Waals surface area contributed by atoms with Crippen molar-refractivity contribution < 1.29 is 29.5 Å². The summed E-state index contributed by atoms with van der Waals surface area (Å²) in [4.78, 5) is 0. The standard InChI is InChI=1S/C7H14O5.C4H10O.CH4/c1-3-4(8)5(9)7(11-2)12-6(3)10;1-3-4-5-2;/h3-10H,1-2H3;3-4H2,1-2H3;1H4. The summed E-state index contributed by atoms with van der Waals surface area (Å²) < 4.78 is 14.2.